The van der Waals surface area contributed by atoms with Crippen LogP contribution in [0.1, 0.15) is 11.3 Å². The monoisotopic (exact) mass is 319 g/mol. The van der Waals surface area contributed by atoms with Crippen molar-refractivity contribution in [3.05, 3.63) is 46.6 Å². The molecule has 0 aliphatic carbocycles. The van der Waals surface area contributed by atoms with Crippen LogP contribution in [0.25, 0.3) is 0 Å². The fourth-order valence-corrected chi connectivity index (χ4v) is 2.99. The number of hydrogen-bond acceptors (Lipinski definition) is 5. The molecular weight excluding hydrogens is 309 g/mol. The molecule has 0 saturated carbocycles. The molecule has 0 aliphatic rings. The highest BCUT2D eigenvalue weighted by molar-refractivity contribution is 7.89. The first-order chi connectivity index (χ1) is 9.44. The number of nitrogens with two attached hydrogens (primary N) is 1. The third-order valence-corrected chi connectivity index (χ3v) is 4.14. The molecule has 0 unspecified atom stereocenters. The van der Waals surface area contributed by atoms with Gasteiger partial charge in [-0.05, 0) is 12.1 Å². The predicted octanol–water partition coefficient (Wildman–Crippen LogP) is 1.40. The molecule has 2 rings (SSSR count). The molecule has 3 N–H and O–H groups in total. The summed E-state index contributed by atoms with van der Waals surface area (Å²) in [7, 11) is -4.07. The highest BCUT2D eigenvalue weighted by atomic mass is 35.5. The van der Waals surface area contributed by atoms with Crippen LogP contribution in [-0.4, -0.2) is 13.6 Å². The Hall–Kier alpha value is -1.48. The Bertz CT molecular complexity index is 704. The lowest BCUT2D eigenvalue weighted by Crippen LogP contribution is -2.25. The number of hydrogen-bond donors (Lipinski definition) is 2. The van der Waals surface area contributed by atoms with Crippen LogP contribution in [0.3, 0.4) is 0 Å². The van der Waals surface area contributed by atoms with Gasteiger partial charge in [-0.3, -0.25) is 0 Å². The molecular formula is C11H11ClFN3O3S. The number of halogens is 2. The van der Waals surface area contributed by atoms with Crippen molar-refractivity contribution in [3.8, 4) is 0 Å². The molecule has 0 atom stereocenters. The molecule has 0 fully saturated rings. The minimum absolute atomic E-state index is 0.0271. The van der Waals surface area contributed by atoms with Gasteiger partial charge in [-0.25, -0.2) is 17.5 Å². The van der Waals surface area contributed by atoms with Crippen molar-refractivity contribution in [1.29, 1.82) is 0 Å². The van der Waals surface area contributed by atoms with Crippen molar-refractivity contribution in [2.24, 2.45) is 5.73 Å². The van der Waals surface area contributed by atoms with E-state index in [-0.39, 0.29) is 23.7 Å². The fourth-order valence-electron chi connectivity index (χ4n) is 1.54. The minimum Gasteiger partial charge on any atom is -0.364 e. The highest BCUT2D eigenvalue weighted by Gasteiger charge is 2.22. The second-order valence-electron chi connectivity index (χ2n) is 3.90. The van der Waals surface area contributed by atoms with Crippen LogP contribution in [0.15, 0.2) is 33.9 Å². The molecule has 20 heavy (non-hydrogen) atoms. The topological polar surface area (TPSA) is 98.2 Å². The van der Waals surface area contributed by atoms with Crippen molar-refractivity contribution >= 4 is 21.6 Å². The number of sulfonamides is 1. The molecule has 0 spiro atoms. The SMILES string of the molecule is NCc1cc(Cl)cc(S(=O)(=O)NCc2ccon2)c1F. The summed E-state index contributed by atoms with van der Waals surface area (Å²) in [4.78, 5) is -0.547. The van der Waals surface area contributed by atoms with Gasteiger partial charge in [0.25, 0.3) is 0 Å². The van der Waals surface area contributed by atoms with Crippen LogP contribution >= 0.6 is 11.6 Å². The zero-order chi connectivity index (χ0) is 14.8. The molecule has 108 valence electrons. The lowest BCUT2D eigenvalue weighted by Gasteiger charge is -2.09. The summed E-state index contributed by atoms with van der Waals surface area (Å²) in [6.45, 7) is -0.277. The molecule has 1 aromatic heterocycles. The van der Waals surface area contributed by atoms with Crippen molar-refractivity contribution in [2.75, 3.05) is 0 Å². The van der Waals surface area contributed by atoms with E-state index in [1.165, 1.54) is 18.4 Å². The van der Waals surface area contributed by atoms with E-state index in [1.54, 1.807) is 0 Å². The Morgan fingerprint density at radius 2 is 2.20 bits per heavy atom. The van der Waals surface area contributed by atoms with Crippen molar-refractivity contribution in [3.63, 3.8) is 0 Å². The van der Waals surface area contributed by atoms with Crippen LogP contribution in [0.5, 0.6) is 0 Å². The maximum Gasteiger partial charge on any atom is 0.243 e. The van der Waals surface area contributed by atoms with Crippen molar-refractivity contribution in [2.45, 2.75) is 18.0 Å². The first kappa shape index (κ1) is 14.9. The smallest absolute Gasteiger partial charge is 0.243 e. The third kappa shape index (κ3) is 3.15. The van der Waals surface area contributed by atoms with Gasteiger partial charge in [0.15, 0.2) is 0 Å². The van der Waals surface area contributed by atoms with Crippen molar-refractivity contribution in [1.82, 2.24) is 9.88 Å². The van der Waals surface area contributed by atoms with E-state index in [9.17, 15) is 12.8 Å². The van der Waals surface area contributed by atoms with Crippen LogP contribution in [-0.2, 0) is 23.1 Å². The molecule has 0 aliphatic heterocycles. The maximum absolute atomic E-state index is 14.0. The zero-order valence-corrected chi connectivity index (χ0v) is 11.7. The lowest BCUT2D eigenvalue weighted by atomic mass is 10.2. The van der Waals surface area contributed by atoms with Gasteiger partial charge in [0, 0.05) is 23.2 Å². The Labute approximate surface area is 119 Å². The van der Waals surface area contributed by atoms with Gasteiger partial charge < -0.3 is 10.3 Å². The van der Waals surface area contributed by atoms with Gasteiger partial charge in [0.1, 0.15) is 17.0 Å². The third-order valence-electron chi connectivity index (χ3n) is 2.52. The number of benzene rings is 1. The molecule has 9 heteroatoms. The normalized spacial score (nSPS) is 11.8. The molecule has 6 nitrogen and oxygen atoms in total. The summed E-state index contributed by atoms with van der Waals surface area (Å²) in [5.41, 5.74) is 5.74. The largest absolute Gasteiger partial charge is 0.364 e. The van der Waals surface area contributed by atoms with Crippen LogP contribution in [0.2, 0.25) is 5.02 Å². The Morgan fingerprint density at radius 1 is 1.45 bits per heavy atom. The molecule has 1 heterocycles. The average molecular weight is 320 g/mol. The lowest BCUT2D eigenvalue weighted by molar-refractivity contribution is 0.411. The predicted molar refractivity (Wildman–Crippen MR) is 69.8 cm³/mol. The molecule has 2 aromatic rings. The average Bonchev–Trinajstić information content (AvgIpc) is 2.92. The molecule has 1 aromatic carbocycles. The second-order valence-corrected chi connectivity index (χ2v) is 6.07. The van der Waals surface area contributed by atoms with Gasteiger partial charge in [-0.2, -0.15) is 0 Å². The maximum atomic E-state index is 14.0. The van der Waals surface area contributed by atoms with Crippen LogP contribution < -0.4 is 10.5 Å². The molecule has 0 radical (unpaired) electrons. The quantitative estimate of drug-likeness (QED) is 0.868. The summed E-state index contributed by atoms with van der Waals surface area (Å²) in [6, 6.07) is 3.80. The Morgan fingerprint density at radius 3 is 2.80 bits per heavy atom. The number of nitrogens with zero attached hydrogens (tertiary/aromatic N) is 1. The van der Waals surface area contributed by atoms with Gasteiger partial charge >= 0.3 is 0 Å². The molecule has 0 amide bonds. The number of aromatic nitrogens is 1. The Balaban J connectivity index is 2.31. The summed E-state index contributed by atoms with van der Waals surface area (Å²) in [5.74, 6) is -0.912. The standard InChI is InChI=1S/C11H11ClFN3O3S/c12-8-3-7(5-14)11(13)10(4-8)20(17,18)15-6-9-1-2-19-16-9/h1-4,15H,5-6,14H2. The van der Waals surface area contributed by atoms with E-state index in [1.807, 2.05) is 0 Å². The van der Waals surface area contributed by atoms with Gasteiger partial charge in [0.05, 0.1) is 12.2 Å². The van der Waals surface area contributed by atoms with Crippen LogP contribution in [0.4, 0.5) is 4.39 Å². The van der Waals surface area contributed by atoms with Crippen LogP contribution in [0, 0.1) is 5.82 Å². The molecule has 0 bridgehead atoms. The summed E-state index contributed by atoms with van der Waals surface area (Å²) in [5, 5.41) is 3.64. The van der Waals surface area contributed by atoms with E-state index in [4.69, 9.17) is 17.3 Å². The van der Waals surface area contributed by atoms with E-state index >= 15 is 0 Å². The van der Waals surface area contributed by atoms with Gasteiger partial charge in [-0.15, -0.1) is 0 Å². The van der Waals surface area contributed by atoms with E-state index < -0.39 is 20.7 Å². The summed E-state index contributed by atoms with van der Waals surface area (Å²) < 4.78 is 44.9. The van der Waals surface area contributed by atoms with Crippen molar-refractivity contribution < 1.29 is 17.3 Å². The molecule has 0 saturated heterocycles. The van der Waals surface area contributed by atoms with E-state index in [0.717, 1.165) is 6.07 Å². The first-order valence-corrected chi connectivity index (χ1v) is 7.37. The minimum atomic E-state index is -4.07. The number of nitrogens with one attached hydrogen (secondary N) is 1. The van der Waals surface area contributed by atoms with E-state index in [2.05, 4.69) is 14.4 Å². The highest BCUT2D eigenvalue weighted by Crippen LogP contribution is 2.23. The number of rotatable bonds is 5. The Kier molecular flexibility index (Phi) is 4.39. The fraction of sp³-hybridized carbons (Fsp3) is 0.182. The summed E-state index contributed by atoms with van der Waals surface area (Å²) in [6.07, 6.45) is 1.30. The first-order valence-electron chi connectivity index (χ1n) is 5.51. The van der Waals surface area contributed by atoms with Gasteiger partial charge in [0.2, 0.25) is 10.0 Å². The van der Waals surface area contributed by atoms with E-state index in [0.29, 0.717) is 5.69 Å². The van der Waals surface area contributed by atoms with Gasteiger partial charge in [-0.1, -0.05) is 16.8 Å². The zero-order valence-electron chi connectivity index (χ0n) is 10.1. The summed E-state index contributed by atoms with van der Waals surface area (Å²) >= 11 is 5.76. The second kappa shape index (κ2) is 5.88.